The quantitative estimate of drug-likeness (QED) is 0.759. The van der Waals surface area contributed by atoms with E-state index < -0.39 is 0 Å². The third kappa shape index (κ3) is 3.14. The normalized spacial score (nSPS) is 10.1. The summed E-state index contributed by atoms with van der Waals surface area (Å²) in [6.07, 6.45) is 0. The van der Waals surface area contributed by atoms with Gasteiger partial charge in [-0.25, -0.2) is 0 Å². The summed E-state index contributed by atoms with van der Waals surface area (Å²) in [6, 6.07) is 9.90. The van der Waals surface area contributed by atoms with Crippen molar-refractivity contribution in [1.29, 1.82) is 5.26 Å². The molecule has 2 rings (SSSR count). The average Bonchev–Trinajstić information content (AvgIpc) is 2.74. The first-order valence-corrected chi connectivity index (χ1v) is 7.70. The minimum atomic E-state index is 0.664. The standard InChI is InChI=1S/C13H10Br2N2S/c1-17(7-10-5-13(15)18-8-10)12-3-2-9(6-16)4-11(12)14/h2-5,8H,7H2,1H3. The molecule has 0 saturated heterocycles. The van der Waals surface area contributed by atoms with Crippen LogP contribution in [0, 0.1) is 11.3 Å². The van der Waals surface area contributed by atoms with Crippen molar-refractivity contribution in [3.05, 3.63) is 49.0 Å². The van der Waals surface area contributed by atoms with Crippen LogP contribution in [0.3, 0.4) is 0 Å². The van der Waals surface area contributed by atoms with Crippen LogP contribution in [0.15, 0.2) is 37.9 Å². The highest BCUT2D eigenvalue weighted by Crippen LogP contribution is 2.29. The smallest absolute Gasteiger partial charge is 0.0992 e. The van der Waals surface area contributed by atoms with Gasteiger partial charge in [0.2, 0.25) is 0 Å². The van der Waals surface area contributed by atoms with Crippen molar-refractivity contribution < 1.29 is 0 Å². The fourth-order valence-electron chi connectivity index (χ4n) is 1.67. The summed E-state index contributed by atoms with van der Waals surface area (Å²) in [5.74, 6) is 0. The maximum absolute atomic E-state index is 8.84. The molecule has 0 atom stereocenters. The van der Waals surface area contributed by atoms with Gasteiger partial charge in [0.15, 0.2) is 0 Å². The van der Waals surface area contributed by atoms with E-state index in [1.165, 1.54) is 5.56 Å². The first kappa shape index (κ1) is 13.6. The molecule has 0 aliphatic carbocycles. The van der Waals surface area contributed by atoms with E-state index in [1.807, 2.05) is 25.2 Å². The lowest BCUT2D eigenvalue weighted by atomic mass is 10.2. The van der Waals surface area contributed by atoms with Crippen LogP contribution in [-0.2, 0) is 6.54 Å². The summed E-state index contributed by atoms with van der Waals surface area (Å²) in [6.45, 7) is 0.840. The van der Waals surface area contributed by atoms with Crippen LogP contribution in [0.4, 0.5) is 5.69 Å². The molecule has 5 heteroatoms. The van der Waals surface area contributed by atoms with Crippen molar-refractivity contribution in [3.8, 4) is 6.07 Å². The van der Waals surface area contributed by atoms with Gasteiger partial charge in [-0.2, -0.15) is 5.26 Å². The zero-order chi connectivity index (χ0) is 13.1. The zero-order valence-corrected chi connectivity index (χ0v) is 13.6. The van der Waals surface area contributed by atoms with E-state index in [4.69, 9.17) is 5.26 Å². The van der Waals surface area contributed by atoms with Crippen LogP contribution >= 0.6 is 43.2 Å². The van der Waals surface area contributed by atoms with Gasteiger partial charge in [0, 0.05) is 18.1 Å². The van der Waals surface area contributed by atoms with E-state index in [-0.39, 0.29) is 0 Å². The monoisotopic (exact) mass is 384 g/mol. The van der Waals surface area contributed by atoms with E-state index in [0.29, 0.717) is 5.56 Å². The SMILES string of the molecule is CN(Cc1csc(Br)c1)c1ccc(C#N)cc1Br. The summed E-state index contributed by atoms with van der Waals surface area (Å²) >= 11 is 8.66. The van der Waals surface area contributed by atoms with Crippen LogP contribution in [0.2, 0.25) is 0 Å². The number of hydrogen-bond acceptors (Lipinski definition) is 3. The molecule has 0 amide bonds. The van der Waals surface area contributed by atoms with Gasteiger partial charge in [0.25, 0.3) is 0 Å². The lowest BCUT2D eigenvalue weighted by molar-refractivity contribution is 0.924. The first-order valence-electron chi connectivity index (χ1n) is 5.24. The molecule has 1 aromatic heterocycles. The number of benzene rings is 1. The van der Waals surface area contributed by atoms with Gasteiger partial charge in [-0.15, -0.1) is 11.3 Å². The summed E-state index contributed by atoms with van der Waals surface area (Å²) < 4.78 is 2.09. The van der Waals surface area contributed by atoms with Crippen molar-refractivity contribution in [2.75, 3.05) is 11.9 Å². The molecule has 0 saturated carbocycles. The van der Waals surface area contributed by atoms with Gasteiger partial charge in [-0.1, -0.05) is 0 Å². The Balaban J connectivity index is 2.19. The number of thiophene rings is 1. The topological polar surface area (TPSA) is 27.0 Å². The Labute approximate surface area is 127 Å². The lowest BCUT2D eigenvalue weighted by Crippen LogP contribution is -2.16. The molecule has 0 bridgehead atoms. The fourth-order valence-corrected chi connectivity index (χ4v) is 3.56. The van der Waals surface area contributed by atoms with Gasteiger partial charge in [0.1, 0.15) is 0 Å². The highest BCUT2D eigenvalue weighted by atomic mass is 79.9. The van der Waals surface area contributed by atoms with Crippen molar-refractivity contribution >= 4 is 48.9 Å². The molecule has 1 aromatic carbocycles. The first-order chi connectivity index (χ1) is 8.60. The van der Waals surface area contributed by atoms with E-state index in [2.05, 4.69) is 54.3 Å². The number of nitrogens with zero attached hydrogens (tertiary/aromatic N) is 2. The van der Waals surface area contributed by atoms with Crippen LogP contribution in [0.5, 0.6) is 0 Å². The molecule has 0 fully saturated rings. The molecule has 0 radical (unpaired) electrons. The molecular weight excluding hydrogens is 376 g/mol. The van der Waals surface area contributed by atoms with Crippen LogP contribution < -0.4 is 4.90 Å². The number of nitriles is 1. The molecule has 92 valence electrons. The maximum atomic E-state index is 8.84. The van der Waals surface area contributed by atoms with E-state index in [1.54, 1.807) is 11.3 Å². The van der Waals surface area contributed by atoms with Gasteiger partial charge < -0.3 is 4.90 Å². The van der Waals surface area contributed by atoms with Crippen molar-refractivity contribution in [2.24, 2.45) is 0 Å². The molecule has 18 heavy (non-hydrogen) atoms. The van der Waals surface area contributed by atoms with Gasteiger partial charge in [-0.3, -0.25) is 0 Å². The summed E-state index contributed by atoms with van der Waals surface area (Å²) in [7, 11) is 2.04. The Morgan fingerprint density at radius 1 is 1.33 bits per heavy atom. The second-order valence-corrected chi connectivity index (χ2v) is 7.04. The third-order valence-corrected chi connectivity index (χ3v) is 4.72. The molecule has 0 aliphatic heterocycles. The second-order valence-electron chi connectivity index (χ2n) is 3.89. The minimum absolute atomic E-state index is 0.664. The Morgan fingerprint density at radius 2 is 2.11 bits per heavy atom. The largest absolute Gasteiger partial charge is 0.369 e. The Hall–Kier alpha value is -0.830. The Bertz CT molecular complexity index is 601. The minimum Gasteiger partial charge on any atom is -0.369 e. The van der Waals surface area contributed by atoms with Crippen LogP contribution in [0.25, 0.3) is 0 Å². The Morgan fingerprint density at radius 3 is 2.67 bits per heavy atom. The summed E-state index contributed by atoms with van der Waals surface area (Å²) in [5, 5.41) is 11.0. The van der Waals surface area contributed by atoms with E-state index in [0.717, 1.165) is 20.5 Å². The van der Waals surface area contributed by atoms with E-state index >= 15 is 0 Å². The predicted octanol–water partition coefficient (Wildman–Crippen LogP) is 4.78. The summed E-state index contributed by atoms with van der Waals surface area (Å²) in [5.41, 5.74) is 3.01. The molecule has 0 unspecified atom stereocenters. The number of rotatable bonds is 3. The number of anilines is 1. The number of halogens is 2. The van der Waals surface area contributed by atoms with Gasteiger partial charge in [0.05, 0.1) is 21.1 Å². The van der Waals surface area contributed by atoms with Crippen LogP contribution in [0.1, 0.15) is 11.1 Å². The molecular formula is C13H10Br2N2S. The number of hydrogen-bond donors (Lipinski definition) is 0. The predicted molar refractivity (Wildman–Crippen MR) is 83.0 cm³/mol. The van der Waals surface area contributed by atoms with Crippen molar-refractivity contribution in [3.63, 3.8) is 0 Å². The van der Waals surface area contributed by atoms with Gasteiger partial charge >= 0.3 is 0 Å². The van der Waals surface area contributed by atoms with Crippen molar-refractivity contribution in [1.82, 2.24) is 0 Å². The highest BCUT2D eigenvalue weighted by molar-refractivity contribution is 9.11. The fraction of sp³-hybridized carbons (Fsp3) is 0.154. The second kappa shape index (κ2) is 5.87. The lowest BCUT2D eigenvalue weighted by Gasteiger charge is -2.20. The average molecular weight is 386 g/mol. The highest BCUT2D eigenvalue weighted by Gasteiger charge is 2.08. The van der Waals surface area contributed by atoms with Crippen LogP contribution in [-0.4, -0.2) is 7.05 Å². The molecule has 0 spiro atoms. The maximum Gasteiger partial charge on any atom is 0.0992 e. The van der Waals surface area contributed by atoms with Gasteiger partial charge in [-0.05, 0) is 67.1 Å². The molecule has 2 nitrogen and oxygen atoms in total. The Kier molecular flexibility index (Phi) is 4.44. The van der Waals surface area contributed by atoms with Crippen molar-refractivity contribution in [2.45, 2.75) is 6.54 Å². The molecule has 0 N–H and O–H groups in total. The summed E-state index contributed by atoms with van der Waals surface area (Å²) in [4.78, 5) is 2.15. The molecule has 0 aliphatic rings. The molecule has 2 aromatic rings. The molecule has 1 heterocycles. The third-order valence-electron chi connectivity index (χ3n) is 2.53. The zero-order valence-electron chi connectivity index (χ0n) is 9.65. The van der Waals surface area contributed by atoms with E-state index in [9.17, 15) is 0 Å².